The Morgan fingerprint density at radius 2 is 2.17 bits per heavy atom. The number of hydrogen-bond acceptors (Lipinski definition) is 4. The SMILES string of the molecule is Cc1nc(CN=C(N)NC2CCCCC2)no1.I. The number of aliphatic imine (C=N–C) groups is 1. The molecule has 0 spiro atoms. The lowest BCUT2D eigenvalue weighted by molar-refractivity contribution is 0.387. The summed E-state index contributed by atoms with van der Waals surface area (Å²) >= 11 is 0. The summed E-state index contributed by atoms with van der Waals surface area (Å²) in [6, 6.07) is 0.472. The Bertz CT molecular complexity index is 387. The van der Waals surface area contributed by atoms with E-state index >= 15 is 0 Å². The molecule has 1 aliphatic rings. The first-order chi connectivity index (χ1) is 8.24. The first-order valence-corrected chi connectivity index (χ1v) is 6.09. The van der Waals surface area contributed by atoms with Crippen molar-refractivity contribution in [2.24, 2.45) is 10.7 Å². The molecule has 1 heterocycles. The molecule has 0 atom stereocenters. The molecule has 3 N–H and O–H groups in total. The molecule has 102 valence electrons. The molecule has 1 aromatic heterocycles. The van der Waals surface area contributed by atoms with Crippen LogP contribution in [0.4, 0.5) is 0 Å². The molecule has 0 amide bonds. The van der Waals surface area contributed by atoms with E-state index in [1.165, 1.54) is 32.1 Å². The minimum atomic E-state index is 0. The maximum atomic E-state index is 5.81. The van der Waals surface area contributed by atoms with Crippen molar-refractivity contribution in [3.8, 4) is 0 Å². The largest absolute Gasteiger partial charge is 0.370 e. The zero-order chi connectivity index (χ0) is 12.1. The van der Waals surface area contributed by atoms with E-state index in [1.807, 2.05) is 0 Å². The quantitative estimate of drug-likeness (QED) is 0.484. The van der Waals surface area contributed by atoms with E-state index in [0.29, 0.717) is 30.3 Å². The number of aromatic nitrogens is 2. The summed E-state index contributed by atoms with van der Waals surface area (Å²) in [6.45, 7) is 2.12. The Morgan fingerprint density at radius 3 is 2.78 bits per heavy atom. The number of halogens is 1. The van der Waals surface area contributed by atoms with Gasteiger partial charge in [0.2, 0.25) is 5.89 Å². The number of nitrogens with zero attached hydrogens (tertiary/aromatic N) is 3. The topological polar surface area (TPSA) is 89.3 Å². The smallest absolute Gasteiger partial charge is 0.223 e. The van der Waals surface area contributed by atoms with Crippen LogP contribution in [0.25, 0.3) is 0 Å². The van der Waals surface area contributed by atoms with Crippen LogP contribution in [0, 0.1) is 6.92 Å². The molecule has 0 radical (unpaired) electrons. The highest BCUT2D eigenvalue weighted by molar-refractivity contribution is 14.0. The minimum Gasteiger partial charge on any atom is -0.370 e. The molecule has 0 aromatic carbocycles. The summed E-state index contributed by atoms with van der Waals surface area (Å²) in [7, 11) is 0. The van der Waals surface area contributed by atoms with E-state index in [2.05, 4.69) is 20.4 Å². The van der Waals surface area contributed by atoms with Crippen LogP contribution in [-0.2, 0) is 6.54 Å². The number of nitrogens with two attached hydrogens (primary N) is 1. The zero-order valence-corrected chi connectivity index (χ0v) is 12.9. The van der Waals surface area contributed by atoms with Crippen LogP contribution in [0.1, 0.15) is 43.8 Å². The predicted octanol–water partition coefficient (Wildman–Crippen LogP) is 1.73. The summed E-state index contributed by atoms with van der Waals surface area (Å²) < 4.78 is 4.86. The Labute approximate surface area is 124 Å². The number of aryl methyl sites for hydroxylation is 1. The van der Waals surface area contributed by atoms with Gasteiger partial charge in [0.25, 0.3) is 0 Å². The Hall–Kier alpha value is -0.860. The second kappa shape index (κ2) is 7.55. The maximum Gasteiger partial charge on any atom is 0.223 e. The second-order valence-electron chi connectivity index (χ2n) is 4.41. The van der Waals surface area contributed by atoms with Crippen LogP contribution in [0.2, 0.25) is 0 Å². The third-order valence-corrected chi connectivity index (χ3v) is 2.92. The zero-order valence-electron chi connectivity index (χ0n) is 10.6. The van der Waals surface area contributed by atoms with Crippen LogP contribution < -0.4 is 11.1 Å². The van der Waals surface area contributed by atoms with Crippen LogP contribution in [0.5, 0.6) is 0 Å². The molecule has 0 unspecified atom stereocenters. The molecular formula is C11H20IN5O. The van der Waals surface area contributed by atoms with Gasteiger partial charge in [0, 0.05) is 13.0 Å². The van der Waals surface area contributed by atoms with Gasteiger partial charge in [-0.05, 0) is 12.8 Å². The molecule has 2 rings (SSSR count). The van der Waals surface area contributed by atoms with E-state index in [1.54, 1.807) is 6.92 Å². The molecule has 6 nitrogen and oxygen atoms in total. The lowest BCUT2D eigenvalue weighted by atomic mass is 9.96. The van der Waals surface area contributed by atoms with Gasteiger partial charge in [0.15, 0.2) is 11.8 Å². The van der Waals surface area contributed by atoms with Crippen molar-refractivity contribution in [3.05, 3.63) is 11.7 Å². The van der Waals surface area contributed by atoms with Crippen molar-refractivity contribution in [2.45, 2.75) is 51.6 Å². The van der Waals surface area contributed by atoms with Crippen molar-refractivity contribution in [3.63, 3.8) is 0 Å². The molecule has 7 heteroatoms. The first kappa shape index (κ1) is 15.2. The van der Waals surface area contributed by atoms with E-state index in [-0.39, 0.29) is 24.0 Å². The molecule has 1 aromatic rings. The molecule has 18 heavy (non-hydrogen) atoms. The van der Waals surface area contributed by atoms with Crippen molar-refractivity contribution < 1.29 is 4.52 Å². The normalized spacial score (nSPS) is 17.3. The van der Waals surface area contributed by atoms with E-state index in [9.17, 15) is 0 Å². The van der Waals surface area contributed by atoms with E-state index in [4.69, 9.17) is 10.3 Å². The monoisotopic (exact) mass is 365 g/mol. The lowest BCUT2D eigenvalue weighted by Crippen LogP contribution is -2.41. The summed E-state index contributed by atoms with van der Waals surface area (Å²) in [5, 5.41) is 7.00. The summed E-state index contributed by atoms with van der Waals surface area (Å²) in [5.41, 5.74) is 5.81. The predicted molar refractivity (Wildman–Crippen MR) is 79.8 cm³/mol. The Morgan fingerprint density at radius 1 is 1.44 bits per heavy atom. The maximum absolute atomic E-state index is 5.81. The third-order valence-electron chi connectivity index (χ3n) is 2.92. The van der Waals surface area contributed by atoms with Crippen LogP contribution in [0.3, 0.4) is 0 Å². The van der Waals surface area contributed by atoms with Crippen LogP contribution in [-0.4, -0.2) is 22.1 Å². The van der Waals surface area contributed by atoms with Crippen molar-refractivity contribution in [2.75, 3.05) is 0 Å². The van der Waals surface area contributed by atoms with Gasteiger partial charge in [-0.25, -0.2) is 4.99 Å². The van der Waals surface area contributed by atoms with Crippen molar-refractivity contribution >= 4 is 29.9 Å². The number of guanidine groups is 1. The van der Waals surface area contributed by atoms with E-state index < -0.39 is 0 Å². The molecular weight excluding hydrogens is 345 g/mol. The fourth-order valence-electron chi connectivity index (χ4n) is 2.06. The van der Waals surface area contributed by atoms with Gasteiger partial charge in [-0.3, -0.25) is 0 Å². The number of nitrogens with one attached hydrogen (secondary N) is 1. The molecule has 1 fully saturated rings. The molecule has 0 aliphatic heterocycles. The van der Waals surface area contributed by atoms with E-state index in [0.717, 1.165) is 0 Å². The lowest BCUT2D eigenvalue weighted by Gasteiger charge is -2.23. The molecule has 1 aliphatic carbocycles. The Balaban J connectivity index is 0.00000162. The molecule has 0 saturated heterocycles. The third kappa shape index (κ3) is 4.79. The van der Waals surface area contributed by atoms with Gasteiger partial charge in [-0.1, -0.05) is 24.4 Å². The van der Waals surface area contributed by atoms with Gasteiger partial charge in [-0.15, -0.1) is 24.0 Å². The van der Waals surface area contributed by atoms with Gasteiger partial charge in [0.1, 0.15) is 6.54 Å². The van der Waals surface area contributed by atoms with Crippen molar-refractivity contribution in [1.82, 2.24) is 15.5 Å². The number of hydrogen-bond donors (Lipinski definition) is 2. The first-order valence-electron chi connectivity index (χ1n) is 6.09. The highest BCUT2D eigenvalue weighted by atomic mass is 127. The summed E-state index contributed by atoms with van der Waals surface area (Å²) in [4.78, 5) is 8.26. The van der Waals surface area contributed by atoms with Crippen molar-refractivity contribution in [1.29, 1.82) is 0 Å². The van der Waals surface area contributed by atoms with Gasteiger partial charge in [-0.2, -0.15) is 4.98 Å². The average molecular weight is 365 g/mol. The standard InChI is InChI=1S/C11H19N5O.HI/c1-8-14-10(16-17-8)7-13-11(12)15-9-5-3-2-4-6-9;/h9H,2-7H2,1H3,(H3,12,13,15);1H. The molecule has 1 saturated carbocycles. The fourth-order valence-corrected chi connectivity index (χ4v) is 2.06. The summed E-state index contributed by atoms with van der Waals surface area (Å²) in [5.74, 6) is 1.59. The average Bonchev–Trinajstić information content (AvgIpc) is 2.74. The second-order valence-corrected chi connectivity index (χ2v) is 4.41. The van der Waals surface area contributed by atoms with Gasteiger partial charge < -0.3 is 15.6 Å². The van der Waals surface area contributed by atoms with Crippen LogP contribution >= 0.6 is 24.0 Å². The Kier molecular flexibility index (Phi) is 6.37. The highest BCUT2D eigenvalue weighted by Crippen LogP contribution is 2.16. The van der Waals surface area contributed by atoms with Crippen LogP contribution in [0.15, 0.2) is 9.52 Å². The highest BCUT2D eigenvalue weighted by Gasteiger charge is 2.13. The minimum absolute atomic E-state index is 0. The fraction of sp³-hybridized carbons (Fsp3) is 0.727. The number of rotatable bonds is 3. The van der Waals surface area contributed by atoms with Gasteiger partial charge >= 0.3 is 0 Å². The summed E-state index contributed by atoms with van der Waals surface area (Å²) in [6.07, 6.45) is 6.23. The van der Waals surface area contributed by atoms with Gasteiger partial charge in [0.05, 0.1) is 0 Å². The molecule has 0 bridgehead atoms.